The molecule has 1 amide bonds. The fourth-order valence-corrected chi connectivity index (χ4v) is 10.8. The SMILES string of the molecule is CC(C)CCC[C@@H](C)[C@H]1CC[C@H]2C3CC=C4C[C@@H](OC(=O)NCCNc5c(NCCCCN(C)C)c(=O)c5=O)CC[C@]4(C)[C@H]3CC[C@]12C. The zero-order chi connectivity index (χ0) is 34.6. The number of anilines is 2. The van der Waals surface area contributed by atoms with E-state index in [0.29, 0.717) is 36.4 Å². The van der Waals surface area contributed by atoms with Gasteiger partial charge in [-0.05, 0) is 125 Å². The number of unbranched alkanes of at least 4 members (excludes halogenated alkanes) is 1. The van der Waals surface area contributed by atoms with E-state index in [2.05, 4.69) is 61.5 Å². The van der Waals surface area contributed by atoms with Crippen molar-refractivity contribution >= 4 is 17.5 Å². The number of hydrogen-bond acceptors (Lipinski definition) is 7. The molecule has 8 atom stereocenters. The van der Waals surface area contributed by atoms with Crippen molar-refractivity contribution in [3.8, 4) is 0 Å². The summed E-state index contributed by atoms with van der Waals surface area (Å²) >= 11 is 0. The number of allylic oxidation sites excluding steroid dienone is 1. The Morgan fingerprint density at radius 3 is 2.33 bits per heavy atom. The van der Waals surface area contributed by atoms with Crippen LogP contribution in [0.15, 0.2) is 21.2 Å². The van der Waals surface area contributed by atoms with Gasteiger partial charge in [-0.1, -0.05) is 65.5 Å². The fourth-order valence-electron chi connectivity index (χ4n) is 10.8. The van der Waals surface area contributed by atoms with E-state index >= 15 is 0 Å². The predicted octanol–water partition coefficient (Wildman–Crippen LogP) is 7.58. The number of hydrogen-bond donors (Lipinski definition) is 3. The maximum Gasteiger partial charge on any atom is 0.407 e. The normalized spacial score (nSPS) is 31.9. The molecular formula is C40H66N4O4. The Morgan fingerprint density at radius 2 is 1.62 bits per heavy atom. The molecule has 4 aliphatic carbocycles. The van der Waals surface area contributed by atoms with Crippen LogP contribution in [0.2, 0.25) is 0 Å². The largest absolute Gasteiger partial charge is 0.446 e. The van der Waals surface area contributed by atoms with Crippen molar-refractivity contribution in [2.45, 2.75) is 124 Å². The van der Waals surface area contributed by atoms with Crippen LogP contribution < -0.4 is 26.8 Å². The van der Waals surface area contributed by atoms with E-state index in [4.69, 9.17) is 4.74 Å². The summed E-state index contributed by atoms with van der Waals surface area (Å²) < 4.78 is 5.93. The second kappa shape index (κ2) is 15.7. The highest BCUT2D eigenvalue weighted by Crippen LogP contribution is 2.67. The summed E-state index contributed by atoms with van der Waals surface area (Å²) in [5, 5.41) is 8.99. The van der Waals surface area contributed by atoms with Crippen molar-refractivity contribution in [1.29, 1.82) is 0 Å². The Labute approximate surface area is 290 Å². The lowest BCUT2D eigenvalue weighted by atomic mass is 9.47. The van der Waals surface area contributed by atoms with Gasteiger partial charge in [0.2, 0.25) is 0 Å². The van der Waals surface area contributed by atoms with Gasteiger partial charge in [0, 0.05) is 26.1 Å². The number of amides is 1. The molecule has 0 radical (unpaired) electrons. The molecule has 1 aromatic carbocycles. The van der Waals surface area contributed by atoms with Crippen LogP contribution in [0.3, 0.4) is 0 Å². The third-order valence-electron chi connectivity index (χ3n) is 13.5. The molecule has 8 nitrogen and oxygen atoms in total. The Hall–Kier alpha value is -2.35. The second-order valence-electron chi connectivity index (χ2n) is 17.3. The highest BCUT2D eigenvalue weighted by molar-refractivity contribution is 5.74. The lowest BCUT2D eigenvalue weighted by molar-refractivity contribution is -0.0581. The van der Waals surface area contributed by atoms with Crippen LogP contribution in [0.5, 0.6) is 0 Å². The molecule has 1 aromatic rings. The zero-order valence-electron chi connectivity index (χ0n) is 31.2. The van der Waals surface area contributed by atoms with Crippen LogP contribution in [0.1, 0.15) is 118 Å². The average Bonchev–Trinajstić information content (AvgIpc) is 3.40. The smallest absolute Gasteiger partial charge is 0.407 e. The minimum atomic E-state index is -0.497. The number of fused-ring (bicyclic) bond motifs is 5. The predicted molar refractivity (Wildman–Crippen MR) is 197 cm³/mol. The van der Waals surface area contributed by atoms with Crippen molar-refractivity contribution in [3.63, 3.8) is 0 Å². The molecule has 4 aliphatic rings. The van der Waals surface area contributed by atoms with Crippen LogP contribution in [-0.2, 0) is 4.74 Å². The number of carbonyl (C=O) groups excluding carboxylic acids is 1. The summed E-state index contributed by atoms with van der Waals surface area (Å²) in [6.07, 6.45) is 17.7. The summed E-state index contributed by atoms with van der Waals surface area (Å²) in [5.74, 6) is 4.91. The van der Waals surface area contributed by atoms with Crippen molar-refractivity contribution in [1.82, 2.24) is 10.2 Å². The van der Waals surface area contributed by atoms with E-state index in [1.54, 1.807) is 0 Å². The lowest BCUT2D eigenvalue weighted by Crippen LogP contribution is -2.51. The molecule has 0 heterocycles. The highest BCUT2D eigenvalue weighted by Gasteiger charge is 2.59. The number of nitrogens with zero attached hydrogens (tertiary/aromatic N) is 1. The topological polar surface area (TPSA) is 99.8 Å². The maximum atomic E-state index is 12.8. The summed E-state index contributed by atoms with van der Waals surface area (Å²) in [4.78, 5) is 39.0. The minimum Gasteiger partial charge on any atom is -0.446 e. The molecule has 0 saturated heterocycles. The molecule has 0 spiro atoms. The molecule has 0 aliphatic heterocycles. The molecule has 0 bridgehead atoms. The average molecular weight is 667 g/mol. The first-order valence-corrected chi connectivity index (χ1v) is 19.4. The minimum absolute atomic E-state index is 0.0953. The Morgan fingerprint density at radius 1 is 0.896 bits per heavy atom. The summed E-state index contributed by atoms with van der Waals surface area (Å²) in [6, 6.07) is 0. The Bertz CT molecular complexity index is 1350. The van der Waals surface area contributed by atoms with Gasteiger partial charge in [0.05, 0.1) is 0 Å². The van der Waals surface area contributed by atoms with Crippen LogP contribution >= 0.6 is 0 Å². The summed E-state index contributed by atoms with van der Waals surface area (Å²) in [5.41, 5.74) is 1.97. The van der Waals surface area contributed by atoms with Gasteiger partial charge in [-0.15, -0.1) is 0 Å². The number of carbonyl (C=O) groups is 1. The molecule has 8 heteroatoms. The first-order chi connectivity index (χ1) is 22.8. The van der Waals surface area contributed by atoms with Gasteiger partial charge >= 0.3 is 6.09 Å². The first kappa shape index (κ1) is 36.9. The van der Waals surface area contributed by atoms with Crippen molar-refractivity contribution in [2.24, 2.45) is 46.3 Å². The number of rotatable bonds is 16. The van der Waals surface area contributed by atoms with E-state index in [1.165, 1.54) is 56.9 Å². The molecule has 48 heavy (non-hydrogen) atoms. The zero-order valence-corrected chi connectivity index (χ0v) is 31.2. The Kier molecular flexibility index (Phi) is 12.1. The quantitative estimate of drug-likeness (QED) is 0.0950. The molecule has 3 fully saturated rings. The van der Waals surface area contributed by atoms with Crippen molar-refractivity contribution in [3.05, 3.63) is 32.1 Å². The van der Waals surface area contributed by atoms with Crippen LogP contribution in [0.25, 0.3) is 0 Å². The van der Waals surface area contributed by atoms with Crippen LogP contribution in [0.4, 0.5) is 16.2 Å². The van der Waals surface area contributed by atoms with Crippen molar-refractivity contribution in [2.75, 3.05) is 50.9 Å². The second-order valence-corrected chi connectivity index (χ2v) is 17.3. The van der Waals surface area contributed by atoms with E-state index in [1.807, 2.05) is 14.1 Å². The summed E-state index contributed by atoms with van der Waals surface area (Å²) in [6.45, 7) is 14.7. The van der Waals surface area contributed by atoms with E-state index < -0.39 is 17.0 Å². The monoisotopic (exact) mass is 667 g/mol. The van der Waals surface area contributed by atoms with Gasteiger partial charge in [-0.25, -0.2) is 4.79 Å². The third-order valence-corrected chi connectivity index (χ3v) is 13.5. The maximum absolute atomic E-state index is 12.8. The van der Waals surface area contributed by atoms with Gasteiger partial charge in [0.25, 0.3) is 10.9 Å². The number of ether oxygens (including phenoxy) is 1. The van der Waals surface area contributed by atoms with Gasteiger partial charge in [-0.3, -0.25) is 9.59 Å². The van der Waals surface area contributed by atoms with E-state index in [9.17, 15) is 14.4 Å². The van der Waals surface area contributed by atoms with Crippen molar-refractivity contribution < 1.29 is 9.53 Å². The summed E-state index contributed by atoms with van der Waals surface area (Å²) in [7, 11) is 4.07. The highest BCUT2D eigenvalue weighted by atomic mass is 16.6. The number of alkyl carbamates (subject to hydrolysis) is 1. The molecule has 1 unspecified atom stereocenters. The van der Waals surface area contributed by atoms with Crippen LogP contribution in [-0.4, -0.2) is 57.4 Å². The molecule has 0 aromatic heterocycles. The van der Waals surface area contributed by atoms with Gasteiger partial charge in [-0.2, -0.15) is 0 Å². The van der Waals surface area contributed by atoms with E-state index in [0.717, 1.165) is 74.2 Å². The molecule has 5 rings (SSSR count). The molecule has 270 valence electrons. The van der Waals surface area contributed by atoms with Gasteiger partial charge in [0.15, 0.2) is 0 Å². The van der Waals surface area contributed by atoms with E-state index in [-0.39, 0.29) is 11.5 Å². The Balaban J connectivity index is 1.07. The molecule has 3 N–H and O–H groups in total. The lowest BCUT2D eigenvalue weighted by Gasteiger charge is -2.58. The molecule has 3 saturated carbocycles. The first-order valence-electron chi connectivity index (χ1n) is 19.4. The van der Waals surface area contributed by atoms with Gasteiger partial charge < -0.3 is 25.6 Å². The standard InChI is InChI=1S/C40H66N4O4/c1-26(2)11-10-12-27(3)31-15-16-32-30-14-13-28-25-29(17-19-39(28,4)33(30)18-20-40(31,32)5)48-38(47)43-23-22-42-35-34(36(45)37(35)46)41-21-8-9-24-44(6)7/h13,26-27,29-33,41-42H,8-12,14-25H2,1-7H3,(H,43,47)/t27-,29+,30?,31-,32+,33+,39+,40-/m1/s1. The van der Waals surface area contributed by atoms with Crippen LogP contribution in [0, 0.1) is 46.3 Å². The van der Waals surface area contributed by atoms with Gasteiger partial charge in [0.1, 0.15) is 17.5 Å². The fraction of sp³-hybridized carbons (Fsp3) is 0.825. The number of nitrogens with one attached hydrogen (secondary N) is 3. The third kappa shape index (κ3) is 7.84. The molecular weight excluding hydrogens is 600 g/mol.